The standard InChI is InChI=1S/C19H18O8/c1-24-12-5-3-10(7-14(12)25-2)16(18(20)21)17(19(22)23)11-4-6-13-15(8-11)27-9-26-13/h3-8,16-17H,9H2,1-2H3,(H,20,21)(H,22,23). The summed E-state index contributed by atoms with van der Waals surface area (Å²) in [4.78, 5) is 24.0. The van der Waals surface area contributed by atoms with Gasteiger partial charge in [-0.05, 0) is 35.4 Å². The Hall–Kier alpha value is -3.42. The highest BCUT2D eigenvalue weighted by atomic mass is 16.7. The van der Waals surface area contributed by atoms with Crippen molar-refractivity contribution in [2.24, 2.45) is 0 Å². The van der Waals surface area contributed by atoms with Crippen LogP contribution in [-0.2, 0) is 9.59 Å². The first kappa shape index (κ1) is 18.4. The van der Waals surface area contributed by atoms with Crippen LogP contribution in [0.15, 0.2) is 36.4 Å². The molecule has 27 heavy (non-hydrogen) atoms. The lowest BCUT2D eigenvalue weighted by atomic mass is 9.81. The van der Waals surface area contributed by atoms with E-state index in [1.54, 1.807) is 12.1 Å². The molecular weight excluding hydrogens is 356 g/mol. The molecule has 3 rings (SSSR count). The van der Waals surface area contributed by atoms with Gasteiger partial charge in [0.05, 0.1) is 26.1 Å². The van der Waals surface area contributed by atoms with Crippen LogP contribution in [0, 0.1) is 0 Å². The van der Waals surface area contributed by atoms with E-state index in [2.05, 4.69) is 0 Å². The van der Waals surface area contributed by atoms with E-state index in [0.717, 1.165) is 0 Å². The first-order valence-electron chi connectivity index (χ1n) is 8.03. The predicted molar refractivity (Wildman–Crippen MR) is 92.9 cm³/mol. The molecule has 2 aromatic carbocycles. The minimum atomic E-state index is -1.34. The van der Waals surface area contributed by atoms with Crippen LogP contribution in [0.1, 0.15) is 23.0 Å². The molecule has 142 valence electrons. The van der Waals surface area contributed by atoms with Gasteiger partial charge in [-0.1, -0.05) is 12.1 Å². The summed E-state index contributed by atoms with van der Waals surface area (Å²) in [6.07, 6.45) is 0. The number of benzene rings is 2. The van der Waals surface area contributed by atoms with Gasteiger partial charge in [-0.3, -0.25) is 9.59 Å². The van der Waals surface area contributed by atoms with Gasteiger partial charge in [-0.15, -0.1) is 0 Å². The predicted octanol–water partition coefficient (Wildman–Crippen LogP) is 2.47. The van der Waals surface area contributed by atoms with E-state index in [-0.39, 0.29) is 12.4 Å². The lowest BCUT2D eigenvalue weighted by Gasteiger charge is -2.22. The summed E-state index contributed by atoms with van der Waals surface area (Å²) in [7, 11) is 2.88. The molecule has 1 heterocycles. The number of carboxylic acid groups (broad SMARTS) is 2. The molecule has 1 aliphatic rings. The van der Waals surface area contributed by atoms with Gasteiger partial charge in [0.2, 0.25) is 6.79 Å². The highest BCUT2D eigenvalue weighted by Crippen LogP contribution is 2.41. The number of ether oxygens (including phenoxy) is 4. The zero-order chi connectivity index (χ0) is 19.6. The van der Waals surface area contributed by atoms with Crippen molar-refractivity contribution in [3.63, 3.8) is 0 Å². The molecule has 8 nitrogen and oxygen atoms in total. The van der Waals surface area contributed by atoms with E-state index in [0.29, 0.717) is 28.6 Å². The first-order chi connectivity index (χ1) is 13.0. The molecule has 2 atom stereocenters. The van der Waals surface area contributed by atoms with Crippen molar-refractivity contribution in [1.82, 2.24) is 0 Å². The zero-order valence-electron chi connectivity index (χ0n) is 14.7. The maximum atomic E-state index is 12.0. The van der Waals surface area contributed by atoms with E-state index in [4.69, 9.17) is 18.9 Å². The number of aliphatic carboxylic acids is 2. The lowest BCUT2D eigenvalue weighted by Crippen LogP contribution is -2.26. The van der Waals surface area contributed by atoms with Gasteiger partial charge in [-0.2, -0.15) is 0 Å². The third-order valence-corrected chi connectivity index (χ3v) is 4.39. The Morgan fingerprint density at radius 2 is 1.41 bits per heavy atom. The van der Waals surface area contributed by atoms with Crippen molar-refractivity contribution >= 4 is 11.9 Å². The summed E-state index contributed by atoms with van der Waals surface area (Å²) in [6.45, 7) is 0.0363. The van der Waals surface area contributed by atoms with Crippen LogP contribution >= 0.6 is 0 Å². The van der Waals surface area contributed by atoms with Crippen LogP contribution in [0.2, 0.25) is 0 Å². The molecule has 0 saturated carbocycles. The Morgan fingerprint density at radius 1 is 0.852 bits per heavy atom. The Kier molecular flexibility index (Phi) is 5.07. The number of fused-ring (bicyclic) bond motifs is 1. The molecule has 2 aromatic rings. The molecule has 2 N–H and O–H groups in total. The average Bonchev–Trinajstić information content (AvgIpc) is 3.12. The number of carbonyl (C=O) groups is 2. The summed E-state index contributed by atoms with van der Waals surface area (Å²) in [5.74, 6) is -3.62. The summed E-state index contributed by atoms with van der Waals surface area (Å²) in [6, 6.07) is 9.13. The molecule has 1 aliphatic heterocycles. The lowest BCUT2D eigenvalue weighted by molar-refractivity contribution is -0.147. The maximum absolute atomic E-state index is 12.0. The van der Waals surface area contributed by atoms with Gasteiger partial charge in [0.25, 0.3) is 0 Å². The highest BCUT2D eigenvalue weighted by Gasteiger charge is 2.37. The van der Waals surface area contributed by atoms with Crippen molar-refractivity contribution in [3.8, 4) is 23.0 Å². The molecule has 8 heteroatoms. The number of methoxy groups -OCH3 is 2. The summed E-state index contributed by atoms with van der Waals surface area (Å²) >= 11 is 0. The Balaban J connectivity index is 2.08. The van der Waals surface area contributed by atoms with Crippen LogP contribution in [0.25, 0.3) is 0 Å². The van der Waals surface area contributed by atoms with Gasteiger partial charge in [-0.25, -0.2) is 0 Å². The van der Waals surface area contributed by atoms with Gasteiger partial charge in [0.1, 0.15) is 0 Å². The van der Waals surface area contributed by atoms with Crippen molar-refractivity contribution in [2.45, 2.75) is 11.8 Å². The molecule has 0 fully saturated rings. The molecule has 0 aliphatic carbocycles. The normalized spacial score (nSPS) is 14.3. The van der Waals surface area contributed by atoms with Gasteiger partial charge < -0.3 is 29.2 Å². The van der Waals surface area contributed by atoms with Gasteiger partial charge >= 0.3 is 11.9 Å². The van der Waals surface area contributed by atoms with Crippen LogP contribution in [0.5, 0.6) is 23.0 Å². The van der Waals surface area contributed by atoms with Crippen molar-refractivity contribution in [3.05, 3.63) is 47.5 Å². The van der Waals surface area contributed by atoms with Crippen LogP contribution in [0.4, 0.5) is 0 Å². The third kappa shape index (κ3) is 3.46. The fourth-order valence-corrected chi connectivity index (χ4v) is 3.11. The van der Waals surface area contributed by atoms with Crippen LogP contribution in [0.3, 0.4) is 0 Å². The fraction of sp³-hybridized carbons (Fsp3) is 0.263. The van der Waals surface area contributed by atoms with Gasteiger partial charge in [0, 0.05) is 0 Å². The quantitative estimate of drug-likeness (QED) is 0.760. The summed E-state index contributed by atoms with van der Waals surface area (Å²) in [5, 5.41) is 19.6. The zero-order valence-corrected chi connectivity index (χ0v) is 14.7. The second-order valence-corrected chi connectivity index (χ2v) is 5.86. The van der Waals surface area contributed by atoms with Gasteiger partial charge in [0.15, 0.2) is 23.0 Å². The van der Waals surface area contributed by atoms with Crippen molar-refractivity contribution in [2.75, 3.05) is 21.0 Å². The van der Waals surface area contributed by atoms with E-state index in [9.17, 15) is 19.8 Å². The van der Waals surface area contributed by atoms with Crippen molar-refractivity contribution in [1.29, 1.82) is 0 Å². The minimum absolute atomic E-state index is 0.0363. The Labute approximate surface area is 154 Å². The molecule has 0 saturated heterocycles. The molecular formula is C19H18O8. The smallest absolute Gasteiger partial charge is 0.312 e. The van der Waals surface area contributed by atoms with E-state index < -0.39 is 23.8 Å². The molecule has 0 radical (unpaired) electrons. The minimum Gasteiger partial charge on any atom is -0.493 e. The van der Waals surface area contributed by atoms with E-state index >= 15 is 0 Å². The average molecular weight is 374 g/mol. The Bertz CT molecular complexity index is 876. The number of carboxylic acids is 2. The van der Waals surface area contributed by atoms with E-state index in [1.807, 2.05) is 0 Å². The second kappa shape index (κ2) is 7.45. The largest absolute Gasteiger partial charge is 0.493 e. The highest BCUT2D eigenvalue weighted by molar-refractivity contribution is 5.88. The topological polar surface area (TPSA) is 112 Å². The third-order valence-electron chi connectivity index (χ3n) is 4.39. The maximum Gasteiger partial charge on any atom is 0.312 e. The van der Waals surface area contributed by atoms with Crippen LogP contribution in [-0.4, -0.2) is 43.2 Å². The number of hydrogen-bond donors (Lipinski definition) is 2. The Morgan fingerprint density at radius 3 is 2.00 bits per heavy atom. The summed E-state index contributed by atoms with van der Waals surface area (Å²) in [5.41, 5.74) is 0.583. The number of hydrogen-bond acceptors (Lipinski definition) is 6. The second-order valence-electron chi connectivity index (χ2n) is 5.86. The monoisotopic (exact) mass is 374 g/mol. The fourth-order valence-electron chi connectivity index (χ4n) is 3.11. The summed E-state index contributed by atoms with van der Waals surface area (Å²) < 4.78 is 20.9. The van der Waals surface area contributed by atoms with Crippen molar-refractivity contribution < 1.29 is 38.7 Å². The van der Waals surface area contributed by atoms with Crippen LogP contribution < -0.4 is 18.9 Å². The first-order valence-corrected chi connectivity index (χ1v) is 8.03. The SMILES string of the molecule is COc1ccc(C(C(=O)O)C(C(=O)O)c2ccc3c(c2)OCO3)cc1OC. The molecule has 0 amide bonds. The molecule has 0 spiro atoms. The number of rotatable bonds is 7. The molecule has 0 aromatic heterocycles. The van der Waals surface area contributed by atoms with E-state index in [1.165, 1.54) is 38.5 Å². The molecule has 2 unspecified atom stereocenters. The molecule has 0 bridgehead atoms.